The maximum absolute atomic E-state index is 6.01. The van der Waals surface area contributed by atoms with Crippen LogP contribution >= 0.6 is 0 Å². The maximum Gasteiger partial charge on any atom is 0.0566 e. The van der Waals surface area contributed by atoms with Gasteiger partial charge in [-0.15, -0.1) is 0 Å². The lowest BCUT2D eigenvalue weighted by atomic mass is 9.84. The highest BCUT2D eigenvalue weighted by molar-refractivity contribution is 5.74. The van der Waals surface area contributed by atoms with E-state index in [4.69, 9.17) is 9.47 Å². The Morgan fingerprint density at radius 2 is 1.06 bits per heavy atom. The third-order valence-corrected chi connectivity index (χ3v) is 10.1. The average Bonchev–Trinajstić information content (AvgIpc) is 3.12. The number of unbranched alkanes of at least 4 members (excludes halogenated alkanes) is 5. The standard InChI is InChI=1S/C46H52O2/c1-2-46(35-48-36-46)34-47-30-14-6-4-3-5-13-19-44-33-43(41-24-20-39(21-25-41)31-37-15-9-7-10-16-37)28-29-45(44)42-26-22-40(23-27-42)32-38-17-11-8-12-18-38/h7-12,15-18,20-29,33H,2-6,13-14,19,30-32,34-36H2,1H3. The molecule has 0 spiro atoms. The fourth-order valence-corrected chi connectivity index (χ4v) is 6.84. The normalized spacial score (nSPS) is 13.7. The summed E-state index contributed by atoms with van der Waals surface area (Å²) < 4.78 is 11.4. The zero-order valence-corrected chi connectivity index (χ0v) is 28.8. The van der Waals surface area contributed by atoms with Crippen LogP contribution in [0.2, 0.25) is 0 Å². The molecule has 0 N–H and O–H groups in total. The summed E-state index contributed by atoms with van der Waals surface area (Å²) in [4.78, 5) is 0. The molecule has 0 atom stereocenters. The quantitative estimate of drug-likeness (QED) is 0.0891. The Morgan fingerprint density at radius 3 is 1.62 bits per heavy atom. The van der Waals surface area contributed by atoms with E-state index in [1.54, 1.807) is 0 Å². The topological polar surface area (TPSA) is 18.5 Å². The van der Waals surface area contributed by atoms with Gasteiger partial charge >= 0.3 is 0 Å². The van der Waals surface area contributed by atoms with Crippen LogP contribution in [0.25, 0.3) is 22.3 Å². The lowest BCUT2D eigenvalue weighted by Gasteiger charge is -2.40. The van der Waals surface area contributed by atoms with Gasteiger partial charge < -0.3 is 9.47 Å². The Bertz CT molecular complexity index is 1650. The van der Waals surface area contributed by atoms with Gasteiger partial charge in [-0.2, -0.15) is 0 Å². The van der Waals surface area contributed by atoms with Crippen molar-refractivity contribution in [1.29, 1.82) is 0 Å². The van der Waals surface area contributed by atoms with Crippen LogP contribution in [0, 0.1) is 5.41 Å². The Labute approximate surface area is 289 Å². The second kappa shape index (κ2) is 17.4. The minimum atomic E-state index is 0.298. The molecule has 2 nitrogen and oxygen atoms in total. The summed E-state index contributed by atoms with van der Waals surface area (Å²) in [6, 6.07) is 47.0. The van der Waals surface area contributed by atoms with Crippen molar-refractivity contribution in [3.8, 4) is 22.3 Å². The summed E-state index contributed by atoms with van der Waals surface area (Å²) in [5.41, 5.74) is 12.4. The molecule has 1 heterocycles. The molecule has 5 aromatic rings. The summed E-state index contributed by atoms with van der Waals surface area (Å²) in [5.74, 6) is 0. The third kappa shape index (κ3) is 9.56. The van der Waals surface area contributed by atoms with Gasteiger partial charge in [-0.3, -0.25) is 0 Å². The minimum Gasteiger partial charge on any atom is -0.381 e. The van der Waals surface area contributed by atoms with Crippen LogP contribution in [0.4, 0.5) is 0 Å². The first-order valence-electron chi connectivity index (χ1n) is 18.2. The van der Waals surface area contributed by atoms with Gasteiger partial charge in [-0.05, 0) is 88.6 Å². The Morgan fingerprint density at radius 1 is 0.542 bits per heavy atom. The van der Waals surface area contributed by atoms with Gasteiger partial charge in [0.05, 0.1) is 19.8 Å². The highest BCUT2D eigenvalue weighted by Gasteiger charge is 2.36. The van der Waals surface area contributed by atoms with Crippen LogP contribution in [-0.4, -0.2) is 26.4 Å². The monoisotopic (exact) mass is 636 g/mol. The van der Waals surface area contributed by atoms with Crippen molar-refractivity contribution in [1.82, 2.24) is 0 Å². The molecule has 1 fully saturated rings. The lowest BCUT2D eigenvalue weighted by molar-refractivity contribution is -0.150. The fraction of sp³-hybridized carbons (Fsp3) is 0.348. The summed E-state index contributed by atoms with van der Waals surface area (Å²) in [7, 11) is 0. The first-order chi connectivity index (χ1) is 23.7. The van der Waals surface area contributed by atoms with Crippen LogP contribution in [0.3, 0.4) is 0 Å². The van der Waals surface area contributed by atoms with E-state index in [1.165, 1.54) is 82.2 Å². The lowest BCUT2D eigenvalue weighted by Crippen LogP contribution is -2.45. The van der Waals surface area contributed by atoms with Gasteiger partial charge in [-0.25, -0.2) is 0 Å². The zero-order valence-electron chi connectivity index (χ0n) is 28.8. The van der Waals surface area contributed by atoms with Crippen molar-refractivity contribution >= 4 is 0 Å². The Kier molecular flexibility index (Phi) is 12.3. The highest BCUT2D eigenvalue weighted by atomic mass is 16.5. The molecule has 0 amide bonds. The number of rotatable bonds is 18. The van der Waals surface area contributed by atoms with E-state index < -0.39 is 0 Å². The molecule has 1 aliphatic heterocycles. The number of hydrogen-bond acceptors (Lipinski definition) is 2. The first-order valence-corrected chi connectivity index (χ1v) is 18.2. The molecule has 5 aromatic carbocycles. The molecule has 0 radical (unpaired) electrons. The molecule has 0 saturated carbocycles. The second-order valence-electron chi connectivity index (χ2n) is 13.9. The molecule has 0 unspecified atom stereocenters. The summed E-state index contributed by atoms with van der Waals surface area (Å²) in [5, 5.41) is 0. The third-order valence-electron chi connectivity index (χ3n) is 10.1. The van der Waals surface area contributed by atoms with Gasteiger partial charge in [0.1, 0.15) is 0 Å². The minimum absolute atomic E-state index is 0.298. The molecular weight excluding hydrogens is 585 g/mol. The molecule has 0 bridgehead atoms. The molecule has 1 saturated heterocycles. The summed E-state index contributed by atoms with van der Waals surface area (Å²) in [6.45, 7) is 5.73. The number of benzene rings is 5. The SMILES string of the molecule is CCC1(COCCCCCCCCc2cc(-c3ccc(Cc4ccccc4)cc3)ccc2-c2ccc(Cc3ccccc3)cc2)COC1. The molecule has 48 heavy (non-hydrogen) atoms. The molecule has 248 valence electrons. The van der Waals surface area contributed by atoms with Gasteiger partial charge in [0.25, 0.3) is 0 Å². The van der Waals surface area contributed by atoms with Crippen molar-refractivity contribution in [2.75, 3.05) is 26.4 Å². The molecule has 1 aliphatic rings. The van der Waals surface area contributed by atoms with Gasteiger partial charge in [-0.1, -0.05) is 160 Å². The Balaban J connectivity index is 1.06. The first kappa shape index (κ1) is 33.9. The number of aryl methyl sites for hydroxylation is 1. The van der Waals surface area contributed by atoms with E-state index in [2.05, 4.69) is 134 Å². The van der Waals surface area contributed by atoms with Gasteiger partial charge in [0.15, 0.2) is 0 Å². The molecular formula is C46H52O2. The molecule has 2 heteroatoms. The van der Waals surface area contributed by atoms with Crippen molar-refractivity contribution < 1.29 is 9.47 Å². The van der Waals surface area contributed by atoms with E-state index >= 15 is 0 Å². The van der Waals surface area contributed by atoms with Crippen molar-refractivity contribution in [2.45, 2.75) is 71.1 Å². The van der Waals surface area contributed by atoms with Crippen molar-refractivity contribution in [2.24, 2.45) is 5.41 Å². The molecule has 0 aliphatic carbocycles. The summed E-state index contributed by atoms with van der Waals surface area (Å²) in [6.07, 6.45) is 11.7. The second-order valence-corrected chi connectivity index (χ2v) is 13.9. The number of hydrogen-bond donors (Lipinski definition) is 0. The van der Waals surface area contributed by atoms with Crippen molar-refractivity contribution in [3.05, 3.63) is 155 Å². The summed E-state index contributed by atoms with van der Waals surface area (Å²) >= 11 is 0. The van der Waals surface area contributed by atoms with E-state index in [0.717, 1.165) is 58.5 Å². The molecule has 6 rings (SSSR count). The van der Waals surface area contributed by atoms with E-state index in [9.17, 15) is 0 Å². The van der Waals surface area contributed by atoms with E-state index in [1.807, 2.05) is 0 Å². The van der Waals surface area contributed by atoms with Crippen LogP contribution in [0.15, 0.2) is 127 Å². The van der Waals surface area contributed by atoms with E-state index in [0.29, 0.717) is 5.41 Å². The predicted octanol–water partition coefficient (Wildman–Crippen LogP) is 11.5. The Hall–Kier alpha value is -3.98. The van der Waals surface area contributed by atoms with Crippen LogP contribution in [-0.2, 0) is 28.7 Å². The highest BCUT2D eigenvalue weighted by Crippen LogP contribution is 2.32. The largest absolute Gasteiger partial charge is 0.381 e. The average molecular weight is 637 g/mol. The van der Waals surface area contributed by atoms with Crippen LogP contribution < -0.4 is 0 Å². The maximum atomic E-state index is 6.01. The van der Waals surface area contributed by atoms with E-state index in [-0.39, 0.29) is 0 Å². The van der Waals surface area contributed by atoms with Gasteiger partial charge in [0.2, 0.25) is 0 Å². The molecule has 0 aromatic heterocycles. The van der Waals surface area contributed by atoms with Gasteiger partial charge in [0, 0.05) is 12.0 Å². The zero-order chi connectivity index (χ0) is 32.9. The van der Waals surface area contributed by atoms with Crippen molar-refractivity contribution in [3.63, 3.8) is 0 Å². The van der Waals surface area contributed by atoms with Crippen LogP contribution in [0.5, 0.6) is 0 Å². The number of ether oxygens (including phenoxy) is 2. The smallest absolute Gasteiger partial charge is 0.0566 e. The fourth-order valence-electron chi connectivity index (χ4n) is 6.84. The predicted molar refractivity (Wildman–Crippen MR) is 202 cm³/mol. The van der Waals surface area contributed by atoms with Crippen LogP contribution in [0.1, 0.15) is 79.7 Å².